The molecule has 0 saturated carbocycles. The minimum atomic E-state index is -0.172. The molecule has 1 fully saturated rings. The van der Waals surface area contributed by atoms with E-state index in [4.69, 9.17) is 4.74 Å². The van der Waals surface area contributed by atoms with Gasteiger partial charge in [0.15, 0.2) is 0 Å². The summed E-state index contributed by atoms with van der Waals surface area (Å²) in [5.41, 5.74) is 0.910. The molecule has 1 aliphatic rings. The topological polar surface area (TPSA) is 83.1 Å². The highest BCUT2D eigenvalue weighted by Crippen LogP contribution is 2.30. The van der Waals surface area contributed by atoms with Crippen molar-refractivity contribution in [1.29, 1.82) is 0 Å². The van der Waals surface area contributed by atoms with Crippen LogP contribution in [0.5, 0.6) is 5.75 Å². The minimum absolute atomic E-state index is 0.000264. The average molecular weight is 329 g/mol. The summed E-state index contributed by atoms with van der Waals surface area (Å²) in [6.07, 6.45) is 9.92. The first-order valence-electron chi connectivity index (χ1n) is 8.25. The lowest BCUT2D eigenvalue weighted by Gasteiger charge is -2.35. The Morgan fingerprint density at radius 2 is 2.33 bits per heavy atom. The van der Waals surface area contributed by atoms with Crippen LogP contribution in [0, 0.1) is 0 Å². The molecule has 24 heavy (non-hydrogen) atoms. The van der Waals surface area contributed by atoms with E-state index >= 15 is 0 Å². The number of nitrogens with one attached hydrogen (secondary N) is 2. The van der Waals surface area contributed by atoms with E-state index in [1.807, 2.05) is 17.9 Å². The smallest absolute Gasteiger partial charge is 0.318 e. The van der Waals surface area contributed by atoms with E-state index < -0.39 is 0 Å². The maximum Gasteiger partial charge on any atom is 0.318 e. The van der Waals surface area contributed by atoms with Crippen LogP contribution in [0.3, 0.4) is 0 Å². The highest BCUT2D eigenvalue weighted by Gasteiger charge is 2.30. The fraction of sp³-hybridized carbons (Fsp3) is 0.471. The quantitative estimate of drug-likeness (QED) is 0.903. The fourth-order valence-electron chi connectivity index (χ4n) is 3.18. The number of methoxy groups -OCH3 is 1. The largest absolute Gasteiger partial charge is 0.495 e. The lowest BCUT2D eigenvalue weighted by atomic mass is 10.0. The van der Waals surface area contributed by atoms with E-state index in [1.165, 1.54) is 0 Å². The zero-order valence-electron chi connectivity index (χ0n) is 14.0. The number of aromatic amines is 1. The van der Waals surface area contributed by atoms with Gasteiger partial charge in [-0.25, -0.2) is 9.78 Å². The minimum Gasteiger partial charge on any atom is -0.495 e. The first-order valence-corrected chi connectivity index (χ1v) is 8.25. The lowest BCUT2D eigenvalue weighted by molar-refractivity contribution is 0.145. The van der Waals surface area contributed by atoms with Gasteiger partial charge in [-0.1, -0.05) is 0 Å². The van der Waals surface area contributed by atoms with Crippen molar-refractivity contribution in [3.63, 3.8) is 0 Å². The number of imidazole rings is 1. The van der Waals surface area contributed by atoms with Crippen LogP contribution < -0.4 is 10.1 Å². The van der Waals surface area contributed by atoms with Crippen LogP contribution in [0.2, 0.25) is 0 Å². The number of ether oxygens (including phenoxy) is 1. The molecular formula is C17H23N5O2. The first-order chi connectivity index (χ1) is 11.7. The van der Waals surface area contributed by atoms with Crippen molar-refractivity contribution >= 4 is 6.03 Å². The molecule has 7 nitrogen and oxygen atoms in total. The third-order valence-corrected chi connectivity index (χ3v) is 4.44. The van der Waals surface area contributed by atoms with Crippen molar-refractivity contribution in [3.05, 3.63) is 42.2 Å². The summed E-state index contributed by atoms with van der Waals surface area (Å²) in [6.45, 7) is 2.68. The predicted molar refractivity (Wildman–Crippen MR) is 89.6 cm³/mol. The number of aromatic nitrogens is 3. The highest BCUT2D eigenvalue weighted by atomic mass is 16.5. The number of carbonyl (C=O) groups excluding carboxylic acids is 1. The Bertz CT molecular complexity index is 673. The SMILES string of the molecule is COc1cnccc1C(C)NC(=O)N1CCCCC1c1ncc[nH]1. The van der Waals surface area contributed by atoms with Crippen LogP contribution >= 0.6 is 0 Å². The van der Waals surface area contributed by atoms with E-state index in [0.29, 0.717) is 5.75 Å². The van der Waals surface area contributed by atoms with E-state index in [2.05, 4.69) is 20.3 Å². The van der Waals surface area contributed by atoms with E-state index in [9.17, 15) is 4.79 Å². The predicted octanol–water partition coefficient (Wildman–Crippen LogP) is 2.81. The van der Waals surface area contributed by atoms with Gasteiger partial charge in [-0.15, -0.1) is 0 Å². The van der Waals surface area contributed by atoms with Gasteiger partial charge in [-0.05, 0) is 32.3 Å². The summed E-state index contributed by atoms with van der Waals surface area (Å²) >= 11 is 0. The molecule has 2 amide bonds. The summed E-state index contributed by atoms with van der Waals surface area (Å²) in [7, 11) is 1.60. The number of piperidine rings is 1. The van der Waals surface area contributed by atoms with Crippen molar-refractivity contribution in [2.24, 2.45) is 0 Å². The Balaban J connectivity index is 1.73. The molecule has 7 heteroatoms. The van der Waals surface area contributed by atoms with Crippen LogP contribution in [0.25, 0.3) is 0 Å². The average Bonchev–Trinajstić information content (AvgIpc) is 3.16. The van der Waals surface area contributed by atoms with Gasteiger partial charge in [0, 0.05) is 30.7 Å². The number of hydrogen-bond donors (Lipinski definition) is 2. The molecule has 0 bridgehead atoms. The zero-order valence-corrected chi connectivity index (χ0v) is 14.0. The standard InChI is InChI=1S/C17H23N5O2/c1-12(13-6-7-18-11-15(13)24-2)21-17(23)22-10-4-3-5-14(22)16-19-8-9-20-16/h6-9,11-12,14H,3-5,10H2,1-2H3,(H,19,20)(H,21,23). The maximum atomic E-state index is 12.8. The zero-order chi connectivity index (χ0) is 16.9. The highest BCUT2D eigenvalue weighted by molar-refractivity contribution is 5.75. The monoisotopic (exact) mass is 329 g/mol. The Labute approximate surface area is 141 Å². The van der Waals surface area contributed by atoms with Crippen molar-refractivity contribution in [2.45, 2.75) is 38.3 Å². The Hall–Kier alpha value is -2.57. The Kier molecular flexibility index (Phi) is 4.98. The fourth-order valence-corrected chi connectivity index (χ4v) is 3.18. The number of urea groups is 1. The molecule has 3 rings (SSSR count). The van der Waals surface area contributed by atoms with E-state index in [0.717, 1.165) is 37.2 Å². The molecule has 3 heterocycles. The molecule has 128 valence electrons. The normalized spacial score (nSPS) is 18.9. The molecule has 2 aromatic heterocycles. The lowest BCUT2D eigenvalue weighted by Crippen LogP contribution is -2.45. The van der Waals surface area contributed by atoms with Gasteiger partial charge in [0.25, 0.3) is 0 Å². The van der Waals surface area contributed by atoms with Crippen LogP contribution in [0.15, 0.2) is 30.9 Å². The van der Waals surface area contributed by atoms with Crippen molar-refractivity contribution in [2.75, 3.05) is 13.7 Å². The number of H-pyrrole nitrogens is 1. The van der Waals surface area contributed by atoms with Crippen molar-refractivity contribution in [3.8, 4) is 5.75 Å². The molecule has 2 N–H and O–H groups in total. The third-order valence-electron chi connectivity index (χ3n) is 4.44. The van der Waals surface area contributed by atoms with Gasteiger partial charge in [0.1, 0.15) is 11.6 Å². The van der Waals surface area contributed by atoms with E-state index in [1.54, 1.807) is 31.9 Å². The second-order valence-electron chi connectivity index (χ2n) is 5.97. The second-order valence-corrected chi connectivity index (χ2v) is 5.97. The van der Waals surface area contributed by atoms with Gasteiger partial charge in [0.05, 0.1) is 25.4 Å². The summed E-state index contributed by atoms with van der Waals surface area (Å²) in [6, 6.07) is 1.61. The Morgan fingerprint density at radius 3 is 3.08 bits per heavy atom. The summed E-state index contributed by atoms with van der Waals surface area (Å²) in [5.74, 6) is 1.52. The number of nitrogens with zero attached hydrogens (tertiary/aromatic N) is 3. The van der Waals surface area contributed by atoms with Gasteiger partial charge < -0.3 is 19.9 Å². The van der Waals surface area contributed by atoms with Crippen LogP contribution in [-0.4, -0.2) is 39.5 Å². The van der Waals surface area contributed by atoms with Gasteiger partial charge >= 0.3 is 6.03 Å². The molecule has 0 aromatic carbocycles. The molecule has 2 aromatic rings. The number of amides is 2. The summed E-state index contributed by atoms with van der Waals surface area (Å²) in [5, 5.41) is 3.07. The summed E-state index contributed by atoms with van der Waals surface area (Å²) in [4.78, 5) is 26.2. The number of pyridine rings is 1. The molecular weight excluding hydrogens is 306 g/mol. The molecule has 2 atom stereocenters. The van der Waals surface area contributed by atoms with Gasteiger partial charge in [0.2, 0.25) is 0 Å². The van der Waals surface area contributed by atoms with Crippen molar-refractivity contribution in [1.82, 2.24) is 25.2 Å². The second kappa shape index (κ2) is 7.33. The van der Waals surface area contributed by atoms with E-state index in [-0.39, 0.29) is 18.1 Å². The maximum absolute atomic E-state index is 12.8. The molecule has 0 radical (unpaired) electrons. The van der Waals surface area contributed by atoms with Crippen LogP contribution in [0.1, 0.15) is 49.7 Å². The van der Waals surface area contributed by atoms with Crippen molar-refractivity contribution < 1.29 is 9.53 Å². The van der Waals surface area contributed by atoms with Gasteiger partial charge in [-0.3, -0.25) is 4.98 Å². The number of likely N-dealkylation sites (tertiary alicyclic amines) is 1. The van der Waals surface area contributed by atoms with Crippen LogP contribution in [0.4, 0.5) is 4.79 Å². The van der Waals surface area contributed by atoms with Crippen LogP contribution in [-0.2, 0) is 0 Å². The van der Waals surface area contributed by atoms with Gasteiger partial charge in [-0.2, -0.15) is 0 Å². The molecule has 1 aliphatic heterocycles. The molecule has 0 aliphatic carbocycles. The number of hydrogen-bond acceptors (Lipinski definition) is 4. The Morgan fingerprint density at radius 1 is 1.46 bits per heavy atom. The molecule has 0 spiro atoms. The molecule has 2 unspecified atom stereocenters. The molecule has 1 saturated heterocycles. The number of carbonyl (C=O) groups is 1. The number of rotatable bonds is 4. The third kappa shape index (κ3) is 3.34. The summed E-state index contributed by atoms with van der Waals surface area (Å²) < 4.78 is 5.33. The first kappa shape index (κ1) is 16.3.